The largest absolute Gasteiger partial charge is 0.300 e. The molecule has 21 heavy (non-hydrogen) atoms. The van der Waals surface area contributed by atoms with Crippen LogP contribution in [0.5, 0.6) is 0 Å². The highest BCUT2D eigenvalue weighted by Gasteiger charge is 2.26. The average molecular weight is 305 g/mol. The van der Waals surface area contributed by atoms with Crippen molar-refractivity contribution in [1.82, 2.24) is 9.07 Å². The zero-order chi connectivity index (χ0) is 15.2. The SMILES string of the molecule is CC(C)(C)c1ccc2c(c1)nc(CCC1CC(=O)C1)n2Cl. The average Bonchev–Trinajstić information content (AvgIpc) is 2.69. The Balaban J connectivity index is 1.83. The normalized spacial score (nSPS) is 16.5. The lowest BCUT2D eigenvalue weighted by Crippen LogP contribution is -2.23. The van der Waals surface area contributed by atoms with Gasteiger partial charge in [0.15, 0.2) is 0 Å². The summed E-state index contributed by atoms with van der Waals surface area (Å²) in [7, 11) is 0. The molecule has 3 rings (SSSR count). The molecule has 1 aliphatic carbocycles. The first-order valence-electron chi connectivity index (χ1n) is 7.54. The number of carbonyl (C=O) groups is 1. The van der Waals surface area contributed by atoms with Crippen LogP contribution in [0.25, 0.3) is 11.0 Å². The van der Waals surface area contributed by atoms with E-state index in [1.165, 1.54) is 5.56 Å². The molecule has 0 spiro atoms. The number of rotatable bonds is 3. The van der Waals surface area contributed by atoms with Gasteiger partial charge in [0.1, 0.15) is 11.6 Å². The lowest BCUT2D eigenvalue weighted by molar-refractivity contribution is -0.126. The number of hydrogen-bond donors (Lipinski definition) is 0. The molecule has 1 aromatic carbocycles. The summed E-state index contributed by atoms with van der Waals surface area (Å²) in [5.74, 6) is 1.81. The number of nitrogens with zero attached hydrogens (tertiary/aromatic N) is 2. The van der Waals surface area contributed by atoms with Gasteiger partial charge < -0.3 is 0 Å². The quantitative estimate of drug-likeness (QED) is 0.849. The fourth-order valence-corrected chi connectivity index (χ4v) is 3.11. The second-order valence-electron chi connectivity index (χ2n) is 7.11. The number of Topliss-reactive ketones (excluding diaryl/α,β-unsaturated/α-hetero) is 1. The summed E-state index contributed by atoms with van der Waals surface area (Å²) < 4.78 is 1.67. The van der Waals surface area contributed by atoms with E-state index in [-0.39, 0.29) is 5.41 Å². The number of benzene rings is 1. The van der Waals surface area contributed by atoms with Crippen LogP contribution in [0.2, 0.25) is 0 Å². The number of aryl methyl sites for hydroxylation is 1. The van der Waals surface area contributed by atoms with Gasteiger partial charge in [0, 0.05) is 31.0 Å². The minimum absolute atomic E-state index is 0.108. The van der Waals surface area contributed by atoms with Crippen LogP contribution in [0.15, 0.2) is 18.2 Å². The smallest absolute Gasteiger partial charge is 0.133 e. The predicted molar refractivity (Wildman–Crippen MR) is 85.7 cm³/mol. The Hall–Kier alpha value is -1.35. The van der Waals surface area contributed by atoms with Crippen LogP contribution in [0, 0.1) is 5.92 Å². The molecule has 0 unspecified atom stereocenters. The molecule has 0 bridgehead atoms. The molecule has 1 aliphatic rings. The van der Waals surface area contributed by atoms with E-state index in [1.54, 1.807) is 4.09 Å². The standard InChI is InChI=1S/C17H21ClN2O/c1-17(2,3)12-5-6-15-14(10-12)19-16(20(15)18)7-4-11-8-13(21)9-11/h5-6,10-11H,4,7-9H2,1-3H3. The molecule has 0 amide bonds. The molecule has 1 heterocycles. The molecule has 112 valence electrons. The Bertz CT molecular complexity index is 689. The molecule has 4 heteroatoms. The summed E-state index contributed by atoms with van der Waals surface area (Å²) in [4.78, 5) is 15.7. The Labute approximate surface area is 130 Å². The van der Waals surface area contributed by atoms with E-state index in [0.29, 0.717) is 11.7 Å². The fraction of sp³-hybridized carbons (Fsp3) is 0.529. The lowest BCUT2D eigenvalue weighted by atomic mass is 9.81. The second kappa shape index (κ2) is 5.13. The van der Waals surface area contributed by atoms with Crippen molar-refractivity contribution in [2.24, 2.45) is 5.92 Å². The first-order chi connectivity index (χ1) is 9.84. The van der Waals surface area contributed by atoms with E-state index in [2.05, 4.69) is 37.9 Å². The van der Waals surface area contributed by atoms with Crippen molar-refractivity contribution in [2.45, 2.75) is 51.9 Å². The van der Waals surface area contributed by atoms with E-state index in [0.717, 1.165) is 42.5 Å². The van der Waals surface area contributed by atoms with Gasteiger partial charge in [-0.2, -0.15) is 0 Å². The van der Waals surface area contributed by atoms with Crippen LogP contribution < -0.4 is 0 Å². The molecular formula is C17H21ClN2O. The molecule has 1 saturated carbocycles. The van der Waals surface area contributed by atoms with Gasteiger partial charge in [-0.05, 0) is 35.4 Å². The van der Waals surface area contributed by atoms with Crippen molar-refractivity contribution in [3.05, 3.63) is 29.6 Å². The van der Waals surface area contributed by atoms with Gasteiger partial charge in [-0.15, -0.1) is 0 Å². The van der Waals surface area contributed by atoms with Crippen molar-refractivity contribution < 1.29 is 4.79 Å². The van der Waals surface area contributed by atoms with Gasteiger partial charge >= 0.3 is 0 Å². The third-order valence-corrected chi connectivity index (χ3v) is 4.72. The summed E-state index contributed by atoms with van der Waals surface area (Å²) in [6.45, 7) is 6.58. The van der Waals surface area contributed by atoms with E-state index >= 15 is 0 Å². The summed E-state index contributed by atoms with van der Waals surface area (Å²) in [5, 5.41) is 0. The van der Waals surface area contributed by atoms with E-state index < -0.39 is 0 Å². The maximum atomic E-state index is 11.0. The molecule has 0 saturated heterocycles. The number of fused-ring (bicyclic) bond motifs is 1. The zero-order valence-corrected chi connectivity index (χ0v) is 13.6. The van der Waals surface area contributed by atoms with Crippen LogP contribution in [0.4, 0.5) is 0 Å². The molecule has 1 aromatic heterocycles. The second-order valence-corrected chi connectivity index (χ2v) is 7.45. The zero-order valence-electron chi connectivity index (χ0n) is 12.8. The van der Waals surface area contributed by atoms with Crippen molar-refractivity contribution in [2.75, 3.05) is 0 Å². The highest BCUT2D eigenvalue weighted by Crippen LogP contribution is 2.30. The summed E-state index contributed by atoms with van der Waals surface area (Å²) in [6, 6.07) is 6.30. The van der Waals surface area contributed by atoms with Crippen LogP contribution in [-0.4, -0.2) is 14.9 Å². The Kier molecular flexibility index (Phi) is 3.56. The molecule has 0 atom stereocenters. The first-order valence-corrected chi connectivity index (χ1v) is 7.88. The van der Waals surface area contributed by atoms with Gasteiger partial charge in [0.25, 0.3) is 0 Å². The molecule has 2 aromatic rings. The monoisotopic (exact) mass is 304 g/mol. The van der Waals surface area contributed by atoms with E-state index in [1.807, 2.05) is 6.07 Å². The van der Waals surface area contributed by atoms with Gasteiger partial charge in [-0.25, -0.2) is 9.07 Å². The van der Waals surface area contributed by atoms with E-state index in [4.69, 9.17) is 11.8 Å². The highest BCUT2D eigenvalue weighted by molar-refractivity contribution is 6.19. The molecule has 3 nitrogen and oxygen atoms in total. The number of aromatic nitrogens is 2. The number of imidazole rings is 1. The van der Waals surface area contributed by atoms with Crippen LogP contribution >= 0.6 is 11.8 Å². The summed E-state index contributed by atoms with van der Waals surface area (Å²) in [5.41, 5.74) is 3.29. The van der Waals surface area contributed by atoms with Gasteiger partial charge in [-0.3, -0.25) is 4.79 Å². The van der Waals surface area contributed by atoms with Crippen molar-refractivity contribution in [3.8, 4) is 0 Å². The fourth-order valence-electron chi connectivity index (χ4n) is 2.84. The summed E-state index contributed by atoms with van der Waals surface area (Å²) in [6.07, 6.45) is 3.29. The minimum Gasteiger partial charge on any atom is -0.300 e. The van der Waals surface area contributed by atoms with Gasteiger partial charge in [-0.1, -0.05) is 26.8 Å². The maximum absolute atomic E-state index is 11.0. The molecule has 0 N–H and O–H groups in total. The van der Waals surface area contributed by atoms with Crippen LogP contribution in [-0.2, 0) is 16.6 Å². The summed E-state index contributed by atoms with van der Waals surface area (Å²) >= 11 is 6.38. The first kappa shape index (κ1) is 14.6. The molecule has 0 radical (unpaired) electrons. The van der Waals surface area contributed by atoms with Gasteiger partial charge in [0.2, 0.25) is 0 Å². The van der Waals surface area contributed by atoms with Gasteiger partial charge in [0.05, 0.1) is 11.0 Å². The van der Waals surface area contributed by atoms with E-state index in [9.17, 15) is 4.79 Å². The Morgan fingerprint density at radius 2 is 2.05 bits per heavy atom. The maximum Gasteiger partial charge on any atom is 0.133 e. The number of hydrogen-bond acceptors (Lipinski definition) is 2. The topological polar surface area (TPSA) is 34.9 Å². The highest BCUT2D eigenvalue weighted by atomic mass is 35.5. The molecular weight excluding hydrogens is 284 g/mol. The van der Waals surface area contributed by atoms with Crippen molar-refractivity contribution in [1.29, 1.82) is 0 Å². The van der Waals surface area contributed by atoms with Crippen LogP contribution in [0.3, 0.4) is 0 Å². The Morgan fingerprint density at radius 1 is 1.33 bits per heavy atom. The van der Waals surface area contributed by atoms with Crippen molar-refractivity contribution in [3.63, 3.8) is 0 Å². The third kappa shape index (κ3) is 2.84. The predicted octanol–water partition coefficient (Wildman–Crippen LogP) is 4.25. The van der Waals surface area contributed by atoms with Crippen LogP contribution in [0.1, 0.15) is 51.4 Å². The molecule has 0 aliphatic heterocycles. The van der Waals surface area contributed by atoms with Crippen molar-refractivity contribution >= 4 is 28.6 Å². The lowest BCUT2D eigenvalue weighted by Gasteiger charge is -2.23. The number of ketones is 1. The Morgan fingerprint density at radius 3 is 2.67 bits per heavy atom. The minimum atomic E-state index is 0.108. The number of carbonyl (C=O) groups excluding carboxylic acids is 1. The third-order valence-electron chi connectivity index (χ3n) is 4.34. The molecule has 1 fully saturated rings. The number of halogens is 1.